The Morgan fingerprint density at radius 3 is 2.62 bits per heavy atom. The molecule has 0 fully saturated rings. The molecule has 0 saturated carbocycles. The summed E-state index contributed by atoms with van der Waals surface area (Å²) >= 11 is 0. The molecule has 3 rings (SSSR count). The maximum atomic E-state index is 12.6. The Labute approximate surface area is 156 Å². The average molecular weight is 351 g/mol. The lowest BCUT2D eigenvalue weighted by Crippen LogP contribution is -2.41. The lowest BCUT2D eigenvalue weighted by Gasteiger charge is -2.38. The van der Waals surface area contributed by atoms with Gasteiger partial charge in [-0.15, -0.1) is 0 Å². The van der Waals surface area contributed by atoms with Crippen LogP contribution in [-0.2, 0) is 11.2 Å². The molecule has 0 aliphatic carbocycles. The summed E-state index contributed by atoms with van der Waals surface area (Å²) in [5.41, 5.74) is 5.76. The van der Waals surface area contributed by atoms with Crippen LogP contribution in [0.3, 0.4) is 0 Å². The average Bonchev–Trinajstić information content (AvgIpc) is 2.56. The van der Waals surface area contributed by atoms with Crippen LogP contribution in [0.1, 0.15) is 60.5 Å². The van der Waals surface area contributed by atoms with Crippen molar-refractivity contribution in [3.63, 3.8) is 0 Å². The minimum atomic E-state index is -0.283. The van der Waals surface area contributed by atoms with Crippen LogP contribution >= 0.6 is 0 Å². The van der Waals surface area contributed by atoms with Gasteiger partial charge < -0.3 is 10.1 Å². The van der Waals surface area contributed by atoms with Gasteiger partial charge in [-0.3, -0.25) is 4.79 Å². The molecule has 0 aromatic heterocycles. The summed E-state index contributed by atoms with van der Waals surface area (Å²) in [4.78, 5) is 12.6. The molecule has 1 aliphatic heterocycles. The summed E-state index contributed by atoms with van der Waals surface area (Å²) in [6.45, 7) is 10.4. The number of hydrogen-bond acceptors (Lipinski definition) is 2. The first-order chi connectivity index (χ1) is 12.2. The Morgan fingerprint density at radius 1 is 1.12 bits per heavy atom. The van der Waals surface area contributed by atoms with E-state index in [1.807, 2.05) is 6.07 Å². The van der Waals surface area contributed by atoms with Crippen molar-refractivity contribution in [3.05, 3.63) is 64.2 Å². The first-order valence-electron chi connectivity index (χ1n) is 9.38. The molecule has 138 valence electrons. The van der Waals surface area contributed by atoms with Crippen LogP contribution < -0.4 is 10.1 Å². The summed E-state index contributed by atoms with van der Waals surface area (Å²) in [6.07, 6.45) is 2.04. The highest BCUT2D eigenvalue weighted by Gasteiger charge is 2.34. The number of aryl methyl sites for hydroxylation is 4. The van der Waals surface area contributed by atoms with Gasteiger partial charge in [0, 0.05) is 18.4 Å². The third kappa shape index (κ3) is 4.27. The van der Waals surface area contributed by atoms with Crippen LogP contribution in [0.5, 0.6) is 5.75 Å². The van der Waals surface area contributed by atoms with Crippen molar-refractivity contribution < 1.29 is 9.53 Å². The van der Waals surface area contributed by atoms with Gasteiger partial charge >= 0.3 is 0 Å². The molecular weight excluding hydrogens is 322 g/mol. The van der Waals surface area contributed by atoms with Gasteiger partial charge in [-0.05, 0) is 63.8 Å². The van der Waals surface area contributed by atoms with E-state index in [9.17, 15) is 4.79 Å². The molecule has 0 bridgehead atoms. The largest absolute Gasteiger partial charge is 0.487 e. The predicted octanol–water partition coefficient (Wildman–Crippen LogP) is 4.96. The van der Waals surface area contributed by atoms with Crippen LogP contribution in [-0.4, -0.2) is 11.5 Å². The maximum Gasteiger partial charge on any atom is 0.220 e. The molecule has 3 heteroatoms. The Balaban J connectivity index is 1.68. The van der Waals surface area contributed by atoms with Gasteiger partial charge in [-0.1, -0.05) is 35.9 Å². The van der Waals surface area contributed by atoms with Gasteiger partial charge in [0.25, 0.3) is 0 Å². The van der Waals surface area contributed by atoms with Crippen LogP contribution in [0, 0.1) is 20.8 Å². The number of hydrogen-bond donors (Lipinski definition) is 1. The van der Waals surface area contributed by atoms with Crippen LogP contribution in [0.15, 0.2) is 36.4 Å². The predicted molar refractivity (Wildman–Crippen MR) is 106 cm³/mol. The second-order valence-corrected chi connectivity index (χ2v) is 8.15. The third-order valence-corrected chi connectivity index (χ3v) is 5.17. The lowest BCUT2D eigenvalue weighted by atomic mass is 9.89. The van der Waals surface area contributed by atoms with Gasteiger partial charge in [0.2, 0.25) is 5.91 Å². The minimum Gasteiger partial charge on any atom is -0.487 e. The Bertz CT molecular complexity index is 823. The molecule has 2 aromatic carbocycles. The van der Waals surface area contributed by atoms with Gasteiger partial charge in [-0.2, -0.15) is 0 Å². The van der Waals surface area contributed by atoms with Crippen molar-refractivity contribution in [3.8, 4) is 5.75 Å². The standard InChI is InChI=1S/C23H29NO2/c1-15-6-10-21-19(12-15)20(14-23(4,5)26-21)24-22(25)11-9-18-8-7-16(2)17(3)13-18/h6-8,10,12-13,20H,9,11,14H2,1-5H3,(H,24,25)/t20-/m0/s1. The van der Waals surface area contributed by atoms with Crippen molar-refractivity contribution in [2.45, 2.75) is 65.5 Å². The topological polar surface area (TPSA) is 38.3 Å². The van der Waals surface area contributed by atoms with Gasteiger partial charge in [0.15, 0.2) is 0 Å². The van der Waals surface area contributed by atoms with Crippen LogP contribution in [0.4, 0.5) is 0 Å². The molecular formula is C23H29NO2. The number of nitrogens with one attached hydrogen (secondary N) is 1. The van der Waals surface area contributed by atoms with E-state index in [0.717, 1.165) is 24.2 Å². The number of rotatable bonds is 4. The monoisotopic (exact) mass is 351 g/mol. The number of fused-ring (bicyclic) bond motifs is 1. The van der Waals surface area contributed by atoms with Crippen molar-refractivity contribution >= 4 is 5.91 Å². The SMILES string of the molecule is Cc1ccc2c(c1)[C@@H](NC(=O)CCc1ccc(C)c(C)c1)CC(C)(C)O2. The Kier molecular flexibility index (Phi) is 5.08. The summed E-state index contributed by atoms with van der Waals surface area (Å²) < 4.78 is 6.09. The first-order valence-corrected chi connectivity index (χ1v) is 9.38. The minimum absolute atomic E-state index is 0.000837. The zero-order chi connectivity index (χ0) is 18.9. The lowest BCUT2D eigenvalue weighted by molar-refractivity contribution is -0.122. The number of benzene rings is 2. The highest BCUT2D eigenvalue weighted by atomic mass is 16.5. The zero-order valence-electron chi connectivity index (χ0n) is 16.5. The third-order valence-electron chi connectivity index (χ3n) is 5.17. The van der Waals surface area contributed by atoms with E-state index >= 15 is 0 Å². The summed E-state index contributed by atoms with van der Waals surface area (Å²) in [5.74, 6) is 0.977. The highest BCUT2D eigenvalue weighted by molar-refractivity contribution is 5.77. The zero-order valence-corrected chi connectivity index (χ0v) is 16.5. The molecule has 1 aliphatic rings. The van der Waals surface area contributed by atoms with Crippen LogP contribution in [0.25, 0.3) is 0 Å². The first kappa shape index (κ1) is 18.5. The van der Waals surface area contributed by atoms with E-state index in [-0.39, 0.29) is 17.6 Å². The second-order valence-electron chi connectivity index (χ2n) is 8.15. The number of ether oxygens (including phenoxy) is 1. The molecule has 0 spiro atoms. The van der Waals surface area contributed by atoms with E-state index < -0.39 is 0 Å². The second kappa shape index (κ2) is 7.14. The fourth-order valence-corrected chi connectivity index (χ4v) is 3.59. The molecule has 26 heavy (non-hydrogen) atoms. The summed E-state index contributed by atoms with van der Waals surface area (Å²) in [7, 11) is 0. The van der Waals surface area contributed by atoms with Crippen LogP contribution in [0.2, 0.25) is 0 Å². The molecule has 1 atom stereocenters. The van der Waals surface area contributed by atoms with E-state index in [1.165, 1.54) is 22.3 Å². The molecule has 1 heterocycles. The van der Waals surface area contributed by atoms with Crippen molar-refractivity contribution in [2.24, 2.45) is 0 Å². The van der Waals surface area contributed by atoms with Crippen molar-refractivity contribution in [2.75, 3.05) is 0 Å². The summed E-state index contributed by atoms with van der Waals surface area (Å²) in [5, 5.41) is 3.24. The van der Waals surface area contributed by atoms with E-state index in [2.05, 4.69) is 70.3 Å². The van der Waals surface area contributed by atoms with Gasteiger partial charge in [-0.25, -0.2) is 0 Å². The van der Waals surface area contributed by atoms with Gasteiger partial charge in [0.05, 0.1) is 6.04 Å². The van der Waals surface area contributed by atoms with Gasteiger partial charge in [0.1, 0.15) is 11.4 Å². The molecule has 0 unspecified atom stereocenters. The van der Waals surface area contributed by atoms with Crippen molar-refractivity contribution in [1.29, 1.82) is 0 Å². The Morgan fingerprint density at radius 2 is 1.88 bits per heavy atom. The highest BCUT2D eigenvalue weighted by Crippen LogP contribution is 2.39. The Hall–Kier alpha value is -2.29. The molecule has 2 aromatic rings. The van der Waals surface area contributed by atoms with Crippen molar-refractivity contribution in [1.82, 2.24) is 5.32 Å². The molecule has 1 amide bonds. The quantitative estimate of drug-likeness (QED) is 0.845. The number of carbonyl (C=O) groups excluding carboxylic acids is 1. The number of amides is 1. The summed E-state index contributed by atoms with van der Waals surface area (Å²) in [6, 6.07) is 12.6. The fourth-order valence-electron chi connectivity index (χ4n) is 3.59. The maximum absolute atomic E-state index is 12.6. The van der Waals surface area contributed by atoms with E-state index in [1.54, 1.807) is 0 Å². The molecule has 0 radical (unpaired) electrons. The molecule has 3 nitrogen and oxygen atoms in total. The molecule has 0 saturated heterocycles. The van der Waals surface area contributed by atoms with E-state index in [0.29, 0.717) is 6.42 Å². The smallest absolute Gasteiger partial charge is 0.220 e. The molecule has 1 N–H and O–H groups in total. The number of carbonyl (C=O) groups is 1. The fraction of sp³-hybridized carbons (Fsp3) is 0.435. The van der Waals surface area contributed by atoms with E-state index in [4.69, 9.17) is 4.74 Å². The normalized spacial score (nSPS) is 18.0.